The summed E-state index contributed by atoms with van der Waals surface area (Å²) in [6, 6.07) is 22.7. The predicted octanol–water partition coefficient (Wildman–Crippen LogP) is 7.04. The Morgan fingerprint density at radius 3 is 2.11 bits per heavy atom. The van der Waals surface area contributed by atoms with Crippen molar-refractivity contribution in [3.63, 3.8) is 0 Å². The highest BCUT2D eigenvalue weighted by molar-refractivity contribution is 6.36. The molecule has 0 radical (unpaired) electrons. The number of halogens is 2. The number of carbonyl (C=O) groups excluding carboxylic acids is 2. The number of aryl methyl sites for hydroxylation is 2. The molecule has 196 valence electrons. The summed E-state index contributed by atoms with van der Waals surface area (Å²) in [6.45, 7) is 4.93. The molecule has 37 heavy (non-hydrogen) atoms. The molecule has 3 aromatic rings. The van der Waals surface area contributed by atoms with Gasteiger partial charge in [0.1, 0.15) is 6.04 Å². The van der Waals surface area contributed by atoms with E-state index in [4.69, 9.17) is 23.2 Å². The van der Waals surface area contributed by atoms with Gasteiger partial charge in [0, 0.05) is 41.5 Å². The topological polar surface area (TPSA) is 49.4 Å². The number of nitrogens with zero attached hydrogens (tertiary/aromatic N) is 1. The molecule has 0 saturated heterocycles. The van der Waals surface area contributed by atoms with Crippen molar-refractivity contribution in [2.24, 2.45) is 0 Å². The largest absolute Gasteiger partial charge is 0.354 e. The molecule has 4 nitrogen and oxygen atoms in total. The van der Waals surface area contributed by atoms with Crippen LogP contribution >= 0.6 is 23.2 Å². The molecule has 0 bridgehead atoms. The summed E-state index contributed by atoms with van der Waals surface area (Å²) >= 11 is 13.0. The Morgan fingerprint density at radius 2 is 1.49 bits per heavy atom. The van der Waals surface area contributed by atoms with E-state index < -0.39 is 6.04 Å². The molecule has 1 N–H and O–H groups in total. The van der Waals surface area contributed by atoms with Gasteiger partial charge in [-0.25, -0.2) is 0 Å². The fourth-order valence-corrected chi connectivity index (χ4v) is 4.77. The molecule has 0 fully saturated rings. The third-order valence-corrected chi connectivity index (χ3v) is 7.26. The summed E-state index contributed by atoms with van der Waals surface area (Å²) in [5.41, 5.74) is 3.98. The van der Waals surface area contributed by atoms with Crippen LogP contribution in [0.15, 0.2) is 72.8 Å². The van der Waals surface area contributed by atoms with Gasteiger partial charge in [0.2, 0.25) is 11.8 Å². The lowest BCUT2D eigenvalue weighted by Crippen LogP contribution is -2.50. The molecule has 0 unspecified atom stereocenters. The number of benzene rings is 3. The first kappa shape index (κ1) is 28.7. The van der Waals surface area contributed by atoms with Gasteiger partial charge in [0.15, 0.2) is 0 Å². The maximum Gasteiger partial charge on any atom is 0.243 e. The summed E-state index contributed by atoms with van der Waals surface area (Å²) in [5.74, 6) is -0.275. The number of nitrogens with one attached hydrogen (secondary N) is 1. The standard InChI is InChI=1S/C31H36Cl2N2O2/c1-3-5-20-34-31(37)29(21-25-10-7-6-8-11-25)35(22-26-27(32)12-9-13-28(26)33)30(36)19-18-24-16-14-23(4-2)15-17-24/h6-17,29H,3-5,18-22H2,1-2H3,(H,34,37)/t29-/m0/s1. The van der Waals surface area contributed by atoms with Crippen LogP contribution in [0.25, 0.3) is 0 Å². The quantitative estimate of drug-likeness (QED) is 0.237. The maximum absolute atomic E-state index is 13.8. The Balaban J connectivity index is 1.91. The number of amides is 2. The summed E-state index contributed by atoms with van der Waals surface area (Å²) in [7, 11) is 0. The fourth-order valence-electron chi connectivity index (χ4n) is 4.25. The molecule has 2 amide bonds. The summed E-state index contributed by atoms with van der Waals surface area (Å²) in [6.07, 6.45) is 4.09. The third-order valence-electron chi connectivity index (χ3n) is 6.55. The molecule has 0 saturated carbocycles. The van der Waals surface area contributed by atoms with E-state index in [0.717, 1.165) is 30.4 Å². The third kappa shape index (κ3) is 8.62. The first-order valence-electron chi connectivity index (χ1n) is 13.0. The fraction of sp³-hybridized carbons (Fsp3) is 0.355. The minimum atomic E-state index is -0.693. The zero-order chi connectivity index (χ0) is 26.6. The average molecular weight is 540 g/mol. The molecule has 3 aromatic carbocycles. The van der Waals surface area contributed by atoms with Crippen molar-refractivity contribution in [2.75, 3.05) is 6.54 Å². The first-order valence-corrected chi connectivity index (χ1v) is 13.8. The Kier molecular flexibility index (Phi) is 11.5. The van der Waals surface area contributed by atoms with Crippen LogP contribution in [0, 0.1) is 0 Å². The maximum atomic E-state index is 13.8. The van der Waals surface area contributed by atoms with Crippen LogP contribution in [0.3, 0.4) is 0 Å². The Bertz CT molecular complexity index is 1130. The van der Waals surface area contributed by atoms with Crippen LogP contribution in [0.5, 0.6) is 0 Å². The van der Waals surface area contributed by atoms with Crippen molar-refractivity contribution in [1.82, 2.24) is 10.2 Å². The van der Waals surface area contributed by atoms with E-state index in [2.05, 4.69) is 43.4 Å². The lowest BCUT2D eigenvalue weighted by molar-refractivity contribution is -0.141. The van der Waals surface area contributed by atoms with E-state index in [1.165, 1.54) is 5.56 Å². The van der Waals surface area contributed by atoms with Gasteiger partial charge >= 0.3 is 0 Å². The van der Waals surface area contributed by atoms with Crippen molar-refractivity contribution in [2.45, 2.75) is 65.0 Å². The van der Waals surface area contributed by atoms with Gasteiger partial charge in [-0.1, -0.05) is 104 Å². The highest BCUT2D eigenvalue weighted by atomic mass is 35.5. The number of unbranched alkanes of at least 4 members (excludes halogenated alkanes) is 1. The van der Waals surface area contributed by atoms with Crippen LogP contribution in [0.2, 0.25) is 10.0 Å². The van der Waals surface area contributed by atoms with Gasteiger partial charge < -0.3 is 10.2 Å². The van der Waals surface area contributed by atoms with Crippen LogP contribution < -0.4 is 5.32 Å². The van der Waals surface area contributed by atoms with E-state index in [1.54, 1.807) is 23.1 Å². The van der Waals surface area contributed by atoms with Gasteiger partial charge in [-0.3, -0.25) is 9.59 Å². The van der Waals surface area contributed by atoms with Gasteiger partial charge in [0.25, 0.3) is 0 Å². The molecular formula is C31H36Cl2N2O2. The zero-order valence-electron chi connectivity index (χ0n) is 21.7. The van der Waals surface area contributed by atoms with Gasteiger partial charge in [-0.15, -0.1) is 0 Å². The van der Waals surface area contributed by atoms with Crippen LogP contribution in [0.1, 0.15) is 55.4 Å². The second-order valence-corrected chi connectivity index (χ2v) is 10.1. The molecule has 0 aromatic heterocycles. The number of hydrogen-bond acceptors (Lipinski definition) is 2. The first-order chi connectivity index (χ1) is 17.9. The van der Waals surface area contributed by atoms with Crippen LogP contribution in [0.4, 0.5) is 0 Å². The lowest BCUT2D eigenvalue weighted by atomic mass is 10.0. The van der Waals surface area contributed by atoms with Crippen molar-refractivity contribution >= 4 is 35.0 Å². The lowest BCUT2D eigenvalue weighted by Gasteiger charge is -2.32. The minimum Gasteiger partial charge on any atom is -0.354 e. The summed E-state index contributed by atoms with van der Waals surface area (Å²) in [5, 5.41) is 4.00. The molecule has 0 aliphatic carbocycles. The van der Waals surface area contributed by atoms with E-state index in [-0.39, 0.29) is 24.8 Å². The van der Waals surface area contributed by atoms with Crippen molar-refractivity contribution in [3.05, 3.63) is 105 Å². The Hall–Kier alpha value is -2.82. The molecular weight excluding hydrogens is 503 g/mol. The SMILES string of the molecule is CCCCNC(=O)[C@H](Cc1ccccc1)N(Cc1c(Cl)cccc1Cl)C(=O)CCc1ccc(CC)cc1. The second-order valence-electron chi connectivity index (χ2n) is 9.24. The highest BCUT2D eigenvalue weighted by Crippen LogP contribution is 2.27. The molecule has 0 heterocycles. The predicted molar refractivity (Wildman–Crippen MR) is 153 cm³/mol. The Morgan fingerprint density at radius 1 is 0.838 bits per heavy atom. The number of hydrogen-bond donors (Lipinski definition) is 1. The van der Waals surface area contributed by atoms with Crippen molar-refractivity contribution in [3.8, 4) is 0 Å². The van der Waals surface area contributed by atoms with E-state index in [9.17, 15) is 9.59 Å². The minimum absolute atomic E-state index is 0.109. The van der Waals surface area contributed by atoms with Crippen molar-refractivity contribution in [1.29, 1.82) is 0 Å². The molecule has 1 atom stereocenters. The van der Waals surface area contributed by atoms with E-state index >= 15 is 0 Å². The number of rotatable bonds is 13. The van der Waals surface area contributed by atoms with Crippen LogP contribution in [-0.4, -0.2) is 29.3 Å². The Labute approximate surface area is 231 Å². The molecule has 3 rings (SSSR count). The monoisotopic (exact) mass is 538 g/mol. The van der Waals surface area contributed by atoms with E-state index in [1.807, 2.05) is 30.3 Å². The second kappa shape index (κ2) is 14.8. The van der Waals surface area contributed by atoms with E-state index in [0.29, 0.717) is 35.0 Å². The molecule has 0 aliphatic rings. The molecule has 0 aliphatic heterocycles. The average Bonchev–Trinajstić information content (AvgIpc) is 2.91. The van der Waals surface area contributed by atoms with Crippen LogP contribution in [-0.2, 0) is 35.4 Å². The normalized spacial score (nSPS) is 11.7. The van der Waals surface area contributed by atoms with Gasteiger partial charge in [0.05, 0.1) is 0 Å². The summed E-state index contributed by atoms with van der Waals surface area (Å²) in [4.78, 5) is 28.9. The molecule has 0 spiro atoms. The number of carbonyl (C=O) groups is 2. The zero-order valence-corrected chi connectivity index (χ0v) is 23.2. The summed E-state index contributed by atoms with van der Waals surface area (Å²) < 4.78 is 0. The molecule has 6 heteroatoms. The van der Waals surface area contributed by atoms with Crippen molar-refractivity contribution < 1.29 is 9.59 Å². The highest BCUT2D eigenvalue weighted by Gasteiger charge is 2.31. The van der Waals surface area contributed by atoms with Gasteiger partial charge in [-0.2, -0.15) is 0 Å². The smallest absolute Gasteiger partial charge is 0.243 e. The van der Waals surface area contributed by atoms with Gasteiger partial charge in [-0.05, 0) is 48.1 Å².